The zero-order valence-electron chi connectivity index (χ0n) is 14.6. The first-order chi connectivity index (χ1) is 13.0. The van der Waals surface area contributed by atoms with Crippen molar-refractivity contribution in [2.75, 3.05) is 0 Å². The van der Waals surface area contributed by atoms with Gasteiger partial charge in [0.25, 0.3) is 0 Å². The summed E-state index contributed by atoms with van der Waals surface area (Å²) in [5.74, 6) is -1.44. The Hall–Kier alpha value is -2.74. The molecule has 0 radical (unpaired) electrons. The van der Waals surface area contributed by atoms with Crippen molar-refractivity contribution >= 4 is 11.9 Å². The van der Waals surface area contributed by atoms with Gasteiger partial charge < -0.3 is 24.4 Å². The highest BCUT2D eigenvalue weighted by atomic mass is 16.7. The third-order valence-electron chi connectivity index (χ3n) is 4.28. The van der Waals surface area contributed by atoms with Crippen molar-refractivity contribution in [3.05, 3.63) is 71.8 Å². The summed E-state index contributed by atoms with van der Waals surface area (Å²) in [4.78, 5) is 24.7. The number of aliphatic hydroxyl groups excluding tert-OH is 2. The van der Waals surface area contributed by atoms with Crippen LogP contribution in [-0.2, 0) is 14.2 Å². The smallest absolute Gasteiger partial charge is 0.338 e. The van der Waals surface area contributed by atoms with Crippen molar-refractivity contribution in [2.45, 2.75) is 37.6 Å². The van der Waals surface area contributed by atoms with E-state index in [4.69, 9.17) is 14.2 Å². The highest BCUT2D eigenvalue weighted by molar-refractivity contribution is 5.90. The molecule has 27 heavy (non-hydrogen) atoms. The minimum atomic E-state index is -1.55. The molecule has 1 fully saturated rings. The molecule has 0 saturated carbocycles. The number of hydrogen-bond donors (Lipinski definition) is 2. The van der Waals surface area contributed by atoms with Crippen LogP contribution in [0.25, 0.3) is 0 Å². The van der Waals surface area contributed by atoms with Crippen molar-refractivity contribution in [2.24, 2.45) is 0 Å². The van der Waals surface area contributed by atoms with Crippen molar-refractivity contribution in [3.63, 3.8) is 0 Å². The van der Waals surface area contributed by atoms with E-state index in [-0.39, 0.29) is 11.1 Å². The van der Waals surface area contributed by atoms with E-state index < -0.39 is 42.6 Å². The van der Waals surface area contributed by atoms with E-state index in [1.54, 1.807) is 60.7 Å². The van der Waals surface area contributed by atoms with Gasteiger partial charge in [-0.1, -0.05) is 36.4 Å². The summed E-state index contributed by atoms with van der Waals surface area (Å²) in [7, 11) is 0. The molecule has 2 aromatic carbocycles. The van der Waals surface area contributed by atoms with Crippen LogP contribution in [-0.4, -0.2) is 52.9 Å². The molecule has 0 amide bonds. The fraction of sp³-hybridized carbons (Fsp3) is 0.300. The Bertz CT molecular complexity index is 777. The Kier molecular flexibility index (Phi) is 5.85. The number of carbonyl (C=O) groups is 2. The van der Waals surface area contributed by atoms with Gasteiger partial charge in [0.15, 0.2) is 18.5 Å². The topological polar surface area (TPSA) is 102 Å². The van der Waals surface area contributed by atoms with Crippen LogP contribution in [0.1, 0.15) is 27.6 Å². The molecule has 1 aliphatic heterocycles. The van der Waals surface area contributed by atoms with Gasteiger partial charge in [-0.15, -0.1) is 0 Å². The molecule has 142 valence electrons. The maximum absolute atomic E-state index is 12.4. The van der Waals surface area contributed by atoms with Crippen LogP contribution >= 0.6 is 0 Å². The third-order valence-corrected chi connectivity index (χ3v) is 4.28. The predicted molar refractivity (Wildman–Crippen MR) is 93.9 cm³/mol. The molecule has 3 rings (SSSR count). The average Bonchev–Trinajstić information content (AvgIpc) is 2.69. The fourth-order valence-corrected chi connectivity index (χ4v) is 2.80. The summed E-state index contributed by atoms with van der Waals surface area (Å²) in [6.45, 7) is 1.52. The standard InChI is InChI=1S/C20H20O7/c1-12-15(21)16(26-18(22)13-8-4-2-5-9-13)17(20(24)25-12)27-19(23)14-10-6-3-7-11-14/h2-12,15-17,20-21,24H,1H3. The summed E-state index contributed by atoms with van der Waals surface area (Å²) in [5.41, 5.74) is 0.525. The quantitative estimate of drug-likeness (QED) is 0.785. The van der Waals surface area contributed by atoms with Gasteiger partial charge in [0.2, 0.25) is 0 Å². The molecular formula is C20H20O7. The lowest BCUT2D eigenvalue weighted by molar-refractivity contribution is -0.276. The zero-order chi connectivity index (χ0) is 19.4. The number of ether oxygens (including phenoxy) is 3. The summed E-state index contributed by atoms with van der Waals surface area (Å²) >= 11 is 0. The van der Waals surface area contributed by atoms with Gasteiger partial charge in [-0.3, -0.25) is 0 Å². The van der Waals surface area contributed by atoms with Crippen LogP contribution in [0.3, 0.4) is 0 Å². The number of hydrogen-bond acceptors (Lipinski definition) is 7. The fourth-order valence-electron chi connectivity index (χ4n) is 2.80. The van der Waals surface area contributed by atoms with E-state index in [1.807, 2.05) is 0 Å². The number of esters is 2. The molecule has 1 saturated heterocycles. The van der Waals surface area contributed by atoms with E-state index >= 15 is 0 Å². The second-order valence-electron chi connectivity index (χ2n) is 6.19. The maximum atomic E-state index is 12.4. The first kappa shape index (κ1) is 19.0. The molecule has 7 heteroatoms. The van der Waals surface area contributed by atoms with Crippen molar-refractivity contribution < 1.29 is 34.0 Å². The van der Waals surface area contributed by atoms with E-state index in [1.165, 1.54) is 6.92 Å². The monoisotopic (exact) mass is 372 g/mol. The number of carbonyl (C=O) groups excluding carboxylic acids is 2. The van der Waals surface area contributed by atoms with Crippen LogP contribution in [0.4, 0.5) is 0 Å². The Morgan fingerprint density at radius 2 is 1.26 bits per heavy atom. The van der Waals surface area contributed by atoms with Gasteiger partial charge in [0.05, 0.1) is 17.2 Å². The number of benzene rings is 2. The van der Waals surface area contributed by atoms with Crippen molar-refractivity contribution in [1.82, 2.24) is 0 Å². The molecular weight excluding hydrogens is 352 g/mol. The SMILES string of the molecule is CC1OC(O)C(OC(=O)c2ccccc2)C(OC(=O)c2ccccc2)C1O. The molecule has 0 aliphatic carbocycles. The van der Waals surface area contributed by atoms with Crippen LogP contribution in [0.2, 0.25) is 0 Å². The van der Waals surface area contributed by atoms with Gasteiger partial charge in [-0.05, 0) is 31.2 Å². The number of rotatable bonds is 4. The summed E-state index contributed by atoms with van der Waals surface area (Å²) < 4.78 is 15.9. The number of aliphatic hydroxyl groups is 2. The first-order valence-corrected chi connectivity index (χ1v) is 8.51. The lowest BCUT2D eigenvalue weighted by Gasteiger charge is -2.40. The molecule has 2 aromatic rings. The second kappa shape index (κ2) is 8.30. The molecule has 0 aromatic heterocycles. The molecule has 5 atom stereocenters. The van der Waals surface area contributed by atoms with Crippen molar-refractivity contribution in [1.29, 1.82) is 0 Å². The molecule has 2 N–H and O–H groups in total. The highest BCUT2D eigenvalue weighted by Crippen LogP contribution is 2.26. The van der Waals surface area contributed by atoms with Gasteiger partial charge in [0.1, 0.15) is 6.10 Å². The van der Waals surface area contributed by atoms with Crippen LogP contribution in [0.5, 0.6) is 0 Å². The van der Waals surface area contributed by atoms with E-state index in [9.17, 15) is 19.8 Å². The lowest BCUT2D eigenvalue weighted by atomic mass is 9.99. The Morgan fingerprint density at radius 1 is 0.815 bits per heavy atom. The minimum absolute atomic E-state index is 0.256. The molecule has 7 nitrogen and oxygen atoms in total. The predicted octanol–water partition coefficient (Wildman–Crippen LogP) is 1.54. The normalized spacial score (nSPS) is 27.6. The Morgan fingerprint density at radius 3 is 1.74 bits per heavy atom. The van der Waals surface area contributed by atoms with E-state index in [2.05, 4.69) is 0 Å². The van der Waals surface area contributed by atoms with E-state index in [0.717, 1.165) is 0 Å². The first-order valence-electron chi connectivity index (χ1n) is 8.51. The third kappa shape index (κ3) is 4.33. The van der Waals surface area contributed by atoms with Crippen LogP contribution in [0, 0.1) is 0 Å². The lowest BCUT2D eigenvalue weighted by Crippen LogP contribution is -2.59. The summed E-state index contributed by atoms with van der Waals surface area (Å²) in [6.07, 6.45) is -6.32. The molecule has 0 spiro atoms. The highest BCUT2D eigenvalue weighted by Gasteiger charge is 2.48. The summed E-state index contributed by atoms with van der Waals surface area (Å²) in [6, 6.07) is 16.3. The van der Waals surface area contributed by atoms with Gasteiger partial charge >= 0.3 is 11.9 Å². The van der Waals surface area contributed by atoms with E-state index in [0.29, 0.717) is 0 Å². The van der Waals surface area contributed by atoms with Gasteiger partial charge in [-0.2, -0.15) is 0 Å². The largest absolute Gasteiger partial charge is 0.452 e. The second-order valence-corrected chi connectivity index (χ2v) is 6.19. The van der Waals surface area contributed by atoms with Gasteiger partial charge in [-0.25, -0.2) is 9.59 Å². The molecule has 1 heterocycles. The van der Waals surface area contributed by atoms with Crippen LogP contribution in [0.15, 0.2) is 60.7 Å². The Labute approximate surface area is 156 Å². The summed E-state index contributed by atoms with van der Waals surface area (Å²) in [5, 5.41) is 20.6. The maximum Gasteiger partial charge on any atom is 0.338 e. The van der Waals surface area contributed by atoms with Gasteiger partial charge in [0, 0.05) is 0 Å². The molecule has 5 unspecified atom stereocenters. The minimum Gasteiger partial charge on any atom is -0.452 e. The Balaban J connectivity index is 1.80. The van der Waals surface area contributed by atoms with Crippen molar-refractivity contribution in [3.8, 4) is 0 Å². The van der Waals surface area contributed by atoms with Crippen LogP contribution < -0.4 is 0 Å². The average molecular weight is 372 g/mol. The molecule has 1 aliphatic rings. The molecule has 0 bridgehead atoms. The zero-order valence-corrected chi connectivity index (χ0v) is 14.6.